The van der Waals surface area contributed by atoms with Crippen LogP contribution in [0.25, 0.3) is 0 Å². The predicted octanol–water partition coefficient (Wildman–Crippen LogP) is 4.31. The van der Waals surface area contributed by atoms with Crippen molar-refractivity contribution < 1.29 is 14.3 Å². The lowest BCUT2D eigenvalue weighted by Crippen LogP contribution is -2.36. The predicted molar refractivity (Wildman–Crippen MR) is 122 cm³/mol. The molecule has 0 radical (unpaired) electrons. The van der Waals surface area contributed by atoms with Crippen LogP contribution in [0.1, 0.15) is 34.0 Å². The summed E-state index contributed by atoms with van der Waals surface area (Å²) in [5, 5.41) is 8.23. The topological polar surface area (TPSA) is 83.6 Å². The van der Waals surface area contributed by atoms with E-state index in [4.69, 9.17) is 4.74 Å². The van der Waals surface area contributed by atoms with Crippen LogP contribution in [0.2, 0.25) is 0 Å². The van der Waals surface area contributed by atoms with Crippen LogP contribution in [-0.4, -0.2) is 42.1 Å². The summed E-state index contributed by atoms with van der Waals surface area (Å²) in [5.74, 6) is -0.240. The van der Waals surface area contributed by atoms with Crippen molar-refractivity contribution in [3.05, 3.63) is 82.3 Å². The lowest BCUT2D eigenvalue weighted by Gasteiger charge is -2.21. The van der Waals surface area contributed by atoms with Gasteiger partial charge in [0.2, 0.25) is 0 Å². The summed E-state index contributed by atoms with van der Waals surface area (Å²) in [6.45, 7) is 3.02. The highest BCUT2D eigenvalue weighted by molar-refractivity contribution is 7.09. The van der Waals surface area contributed by atoms with E-state index in [2.05, 4.69) is 15.6 Å². The number of nitrogens with zero attached hydrogens (tertiary/aromatic N) is 2. The summed E-state index contributed by atoms with van der Waals surface area (Å²) in [4.78, 5) is 31.4. The van der Waals surface area contributed by atoms with E-state index >= 15 is 0 Å². The monoisotopic (exact) mass is 438 g/mol. The van der Waals surface area contributed by atoms with Gasteiger partial charge in [-0.1, -0.05) is 48.5 Å². The van der Waals surface area contributed by atoms with Crippen LogP contribution < -0.4 is 10.6 Å². The van der Waals surface area contributed by atoms with Crippen LogP contribution in [0.15, 0.2) is 66.0 Å². The molecule has 162 valence electrons. The number of hydrogen-bond donors (Lipinski definition) is 2. The number of hydrogen-bond acceptors (Lipinski definition) is 5. The van der Waals surface area contributed by atoms with Gasteiger partial charge in [0, 0.05) is 24.7 Å². The van der Waals surface area contributed by atoms with E-state index in [9.17, 15) is 9.59 Å². The van der Waals surface area contributed by atoms with Gasteiger partial charge < -0.3 is 20.3 Å². The van der Waals surface area contributed by atoms with E-state index in [-0.39, 0.29) is 24.5 Å². The van der Waals surface area contributed by atoms with Crippen molar-refractivity contribution in [1.82, 2.24) is 15.2 Å². The number of benzene rings is 2. The molecule has 1 heterocycles. The standard InChI is InChI=1S/C23H26N4O3S/c1-17(18-9-5-3-6-10-18)24-22(28)20-16-31-21(26-20)15-27(13-14-30-2)23(29)25-19-11-7-4-8-12-19/h3-12,16-17H,13-15H2,1-2H3,(H,24,28)(H,25,29). The first-order valence-electron chi connectivity index (χ1n) is 9.97. The largest absolute Gasteiger partial charge is 0.383 e. The highest BCUT2D eigenvalue weighted by atomic mass is 32.1. The third-order valence-electron chi connectivity index (χ3n) is 4.64. The SMILES string of the molecule is COCCN(Cc1nc(C(=O)NC(C)c2ccccc2)cs1)C(=O)Nc1ccccc1. The number of ether oxygens (including phenoxy) is 1. The highest BCUT2D eigenvalue weighted by Crippen LogP contribution is 2.16. The van der Waals surface area contributed by atoms with Gasteiger partial charge in [-0.05, 0) is 24.6 Å². The van der Waals surface area contributed by atoms with Crippen molar-refractivity contribution in [2.75, 3.05) is 25.6 Å². The fourth-order valence-corrected chi connectivity index (χ4v) is 3.71. The van der Waals surface area contributed by atoms with Crippen LogP contribution in [-0.2, 0) is 11.3 Å². The molecule has 0 saturated heterocycles. The Balaban J connectivity index is 1.63. The van der Waals surface area contributed by atoms with E-state index in [1.165, 1.54) is 11.3 Å². The maximum absolute atomic E-state index is 12.7. The molecule has 3 amide bonds. The number of thiazole rings is 1. The summed E-state index contributed by atoms with van der Waals surface area (Å²) in [6, 6.07) is 18.6. The normalized spacial score (nSPS) is 11.5. The second kappa shape index (κ2) is 11.2. The summed E-state index contributed by atoms with van der Waals surface area (Å²) in [7, 11) is 1.59. The minimum Gasteiger partial charge on any atom is -0.383 e. The maximum Gasteiger partial charge on any atom is 0.322 e. The molecule has 7 nitrogen and oxygen atoms in total. The number of carbonyl (C=O) groups excluding carboxylic acids is 2. The molecule has 1 atom stereocenters. The zero-order valence-corrected chi connectivity index (χ0v) is 18.4. The maximum atomic E-state index is 12.7. The number of nitrogens with one attached hydrogen (secondary N) is 2. The van der Waals surface area contributed by atoms with Gasteiger partial charge >= 0.3 is 6.03 Å². The summed E-state index contributed by atoms with van der Waals surface area (Å²) < 4.78 is 5.14. The molecule has 0 saturated carbocycles. The van der Waals surface area contributed by atoms with Gasteiger partial charge in [-0.2, -0.15) is 0 Å². The number of aromatic nitrogens is 1. The average Bonchev–Trinajstić information content (AvgIpc) is 3.26. The van der Waals surface area contributed by atoms with Crippen LogP contribution in [0.5, 0.6) is 0 Å². The Labute approximate surface area is 186 Å². The lowest BCUT2D eigenvalue weighted by atomic mass is 10.1. The summed E-state index contributed by atoms with van der Waals surface area (Å²) in [5.41, 5.74) is 2.08. The lowest BCUT2D eigenvalue weighted by molar-refractivity contribution is 0.0935. The van der Waals surface area contributed by atoms with Gasteiger partial charge in [-0.25, -0.2) is 9.78 Å². The summed E-state index contributed by atoms with van der Waals surface area (Å²) >= 11 is 1.35. The quantitative estimate of drug-likeness (QED) is 0.521. The minimum absolute atomic E-state index is 0.131. The Kier molecular flexibility index (Phi) is 8.14. The zero-order valence-electron chi connectivity index (χ0n) is 17.6. The zero-order chi connectivity index (χ0) is 22.1. The molecule has 1 unspecified atom stereocenters. The molecule has 0 fully saturated rings. The summed E-state index contributed by atoms with van der Waals surface area (Å²) in [6.07, 6.45) is 0. The van der Waals surface area contributed by atoms with E-state index in [1.54, 1.807) is 17.4 Å². The Morgan fingerprint density at radius 3 is 2.45 bits per heavy atom. The van der Waals surface area contributed by atoms with Crippen molar-refractivity contribution >= 4 is 29.0 Å². The van der Waals surface area contributed by atoms with Crippen LogP contribution in [0.3, 0.4) is 0 Å². The van der Waals surface area contributed by atoms with Gasteiger partial charge in [0.05, 0.1) is 19.2 Å². The molecular formula is C23H26N4O3S. The van der Waals surface area contributed by atoms with Gasteiger partial charge in [-0.3, -0.25) is 4.79 Å². The minimum atomic E-state index is -0.248. The van der Waals surface area contributed by atoms with Gasteiger partial charge in [-0.15, -0.1) is 11.3 Å². The van der Waals surface area contributed by atoms with Crippen molar-refractivity contribution in [3.63, 3.8) is 0 Å². The molecule has 0 bridgehead atoms. The molecule has 0 aliphatic rings. The second-order valence-electron chi connectivity index (χ2n) is 6.94. The molecule has 0 aliphatic carbocycles. The second-order valence-corrected chi connectivity index (χ2v) is 7.89. The molecule has 31 heavy (non-hydrogen) atoms. The third kappa shape index (κ3) is 6.63. The number of rotatable bonds is 9. The van der Waals surface area contributed by atoms with Crippen molar-refractivity contribution in [2.45, 2.75) is 19.5 Å². The number of anilines is 1. The molecule has 0 aliphatic heterocycles. The average molecular weight is 439 g/mol. The molecule has 8 heteroatoms. The first-order chi connectivity index (χ1) is 15.1. The Bertz CT molecular complexity index is 979. The van der Waals surface area contributed by atoms with Crippen LogP contribution in [0.4, 0.5) is 10.5 Å². The van der Waals surface area contributed by atoms with E-state index in [0.29, 0.717) is 29.5 Å². The number of para-hydroxylation sites is 1. The fourth-order valence-electron chi connectivity index (χ4n) is 2.92. The molecule has 0 spiro atoms. The number of amides is 3. The number of carbonyl (C=O) groups is 2. The van der Waals surface area contributed by atoms with Gasteiger partial charge in [0.1, 0.15) is 10.7 Å². The highest BCUT2D eigenvalue weighted by Gasteiger charge is 2.19. The van der Waals surface area contributed by atoms with Crippen LogP contribution in [0, 0.1) is 0 Å². The van der Waals surface area contributed by atoms with E-state index < -0.39 is 0 Å². The molecule has 2 aromatic carbocycles. The Morgan fingerprint density at radius 1 is 1.10 bits per heavy atom. The molecule has 3 rings (SSSR count). The van der Waals surface area contributed by atoms with Gasteiger partial charge in [0.15, 0.2) is 0 Å². The van der Waals surface area contributed by atoms with Crippen molar-refractivity contribution in [2.24, 2.45) is 0 Å². The Morgan fingerprint density at radius 2 is 1.77 bits per heavy atom. The van der Waals surface area contributed by atoms with Crippen molar-refractivity contribution in [3.8, 4) is 0 Å². The fraction of sp³-hybridized carbons (Fsp3) is 0.261. The van der Waals surface area contributed by atoms with Gasteiger partial charge in [0.25, 0.3) is 5.91 Å². The van der Waals surface area contributed by atoms with E-state index in [1.807, 2.05) is 67.6 Å². The third-order valence-corrected chi connectivity index (χ3v) is 5.47. The smallest absolute Gasteiger partial charge is 0.322 e. The Hall–Kier alpha value is -3.23. The van der Waals surface area contributed by atoms with E-state index in [0.717, 1.165) is 5.56 Å². The molecule has 2 N–H and O–H groups in total. The van der Waals surface area contributed by atoms with Crippen molar-refractivity contribution in [1.29, 1.82) is 0 Å². The molecular weight excluding hydrogens is 412 g/mol. The molecule has 1 aromatic heterocycles. The molecule has 3 aromatic rings. The van der Waals surface area contributed by atoms with Crippen LogP contribution >= 0.6 is 11.3 Å². The first kappa shape index (κ1) is 22.5. The first-order valence-corrected chi connectivity index (χ1v) is 10.8. The number of methoxy groups -OCH3 is 1. The number of urea groups is 1.